The van der Waals surface area contributed by atoms with E-state index in [0.717, 1.165) is 44.9 Å². The van der Waals surface area contributed by atoms with Gasteiger partial charge in [-0.05, 0) is 53.9 Å². The Bertz CT molecular complexity index is 1790. The second-order valence-corrected chi connectivity index (χ2v) is 11.6. The number of benzene rings is 5. The van der Waals surface area contributed by atoms with Gasteiger partial charge in [-0.1, -0.05) is 121 Å². The van der Waals surface area contributed by atoms with Gasteiger partial charge >= 0.3 is 0 Å². The van der Waals surface area contributed by atoms with E-state index >= 15 is 0 Å². The maximum absolute atomic E-state index is 12.0. The lowest BCUT2D eigenvalue weighted by Crippen LogP contribution is -2.31. The van der Waals surface area contributed by atoms with Crippen LogP contribution in [0.3, 0.4) is 0 Å². The van der Waals surface area contributed by atoms with Gasteiger partial charge in [0, 0.05) is 5.56 Å². The summed E-state index contributed by atoms with van der Waals surface area (Å²) in [6.07, 6.45) is 0. The van der Waals surface area contributed by atoms with Gasteiger partial charge in [0.2, 0.25) is 10.0 Å². The minimum Gasteiger partial charge on any atom is -0.233 e. The number of aromatic nitrogens is 2. The highest BCUT2D eigenvalue weighted by molar-refractivity contribution is 7.89. The van der Waals surface area contributed by atoms with Crippen molar-refractivity contribution in [2.75, 3.05) is 0 Å². The number of nitrogens with two attached hydrogens (primary N) is 1. The van der Waals surface area contributed by atoms with E-state index in [1.165, 1.54) is 12.1 Å². The highest BCUT2D eigenvalue weighted by Crippen LogP contribution is 2.45. The topological polar surface area (TPSA) is 78.0 Å². The highest BCUT2D eigenvalue weighted by Gasteiger charge is 2.41. The van der Waals surface area contributed by atoms with Crippen molar-refractivity contribution < 1.29 is 8.42 Å². The molecule has 1 aromatic heterocycles. The molecule has 5 aromatic carbocycles. The van der Waals surface area contributed by atoms with Crippen molar-refractivity contribution in [3.63, 3.8) is 0 Å². The first-order valence-corrected chi connectivity index (χ1v) is 14.9. The number of primary sulfonamides is 1. The van der Waals surface area contributed by atoms with Gasteiger partial charge in [-0.15, -0.1) is 0 Å². The van der Waals surface area contributed by atoms with E-state index < -0.39 is 15.4 Å². The molecule has 1 heterocycles. The van der Waals surface area contributed by atoms with Crippen molar-refractivity contribution in [2.24, 2.45) is 5.14 Å². The normalized spacial score (nSPS) is 11.9. The molecular weight excluding hydrogens is 526 g/mol. The Morgan fingerprint density at radius 2 is 1.10 bits per heavy atom. The first-order chi connectivity index (χ1) is 19.9. The van der Waals surface area contributed by atoms with Gasteiger partial charge in [0.1, 0.15) is 0 Å². The lowest BCUT2D eigenvalue weighted by molar-refractivity contribution is 0.597. The van der Waals surface area contributed by atoms with Crippen LogP contribution in [-0.4, -0.2) is 18.2 Å². The molecule has 0 unspecified atom stereocenters. The van der Waals surface area contributed by atoms with E-state index in [1.807, 2.05) is 22.9 Å². The van der Waals surface area contributed by atoms with E-state index in [9.17, 15) is 8.42 Å². The molecule has 0 fully saturated rings. The standard InChI is InChI=1S/C35H29N3O2S/c1-26-17-19-27(20-18-26)33-25-34(37-38(33)31-21-23-32(24-22-31)41(36,39)40)35(28-11-5-2-6-12-28,29-13-7-3-8-14-29)30-15-9-4-10-16-30/h2-25H,1H3,(H2,36,39,40). The zero-order chi connectivity index (χ0) is 28.5. The van der Waals surface area contributed by atoms with E-state index in [1.54, 1.807) is 12.1 Å². The lowest BCUT2D eigenvalue weighted by Gasteiger charge is -2.34. The molecule has 0 saturated carbocycles. The Morgan fingerprint density at radius 1 is 0.634 bits per heavy atom. The Balaban J connectivity index is 1.69. The molecule has 5 nitrogen and oxygen atoms in total. The highest BCUT2D eigenvalue weighted by atomic mass is 32.2. The first-order valence-electron chi connectivity index (χ1n) is 13.3. The molecular formula is C35H29N3O2S. The third kappa shape index (κ3) is 4.88. The molecule has 2 N–H and O–H groups in total. The van der Waals surface area contributed by atoms with Gasteiger partial charge in [0.15, 0.2) is 0 Å². The Morgan fingerprint density at radius 3 is 1.54 bits per heavy atom. The van der Waals surface area contributed by atoms with Gasteiger partial charge < -0.3 is 0 Å². The van der Waals surface area contributed by atoms with Crippen LogP contribution in [0.15, 0.2) is 150 Å². The number of rotatable bonds is 7. The molecule has 0 radical (unpaired) electrons. The molecule has 0 spiro atoms. The van der Waals surface area contributed by atoms with Gasteiger partial charge in [-0.2, -0.15) is 5.10 Å². The molecule has 0 amide bonds. The third-order valence-electron chi connectivity index (χ3n) is 7.47. The summed E-state index contributed by atoms with van der Waals surface area (Å²) in [6.45, 7) is 2.06. The van der Waals surface area contributed by atoms with Crippen LogP contribution in [-0.2, 0) is 15.4 Å². The molecule has 6 rings (SSSR count). The summed E-state index contributed by atoms with van der Waals surface area (Å²) in [5, 5.41) is 10.7. The Kier molecular flexibility index (Phi) is 6.87. The first kappa shape index (κ1) is 26.4. The summed E-state index contributed by atoms with van der Waals surface area (Å²) in [4.78, 5) is 0.0534. The summed E-state index contributed by atoms with van der Waals surface area (Å²) in [5.41, 5.74) is 7.13. The van der Waals surface area contributed by atoms with E-state index in [0.29, 0.717) is 0 Å². The number of nitrogens with zero attached hydrogens (tertiary/aromatic N) is 2. The minimum atomic E-state index is -3.82. The predicted molar refractivity (Wildman–Crippen MR) is 163 cm³/mol. The predicted octanol–water partition coefficient (Wildman–Crippen LogP) is 6.88. The number of hydrogen-bond acceptors (Lipinski definition) is 3. The van der Waals surface area contributed by atoms with Crippen molar-refractivity contribution in [3.05, 3.63) is 174 Å². The maximum Gasteiger partial charge on any atom is 0.238 e. The molecule has 0 aliphatic rings. The Labute approximate surface area is 240 Å². The van der Waals surface area contributed by atoms with Crippen LogP contribution >= 0.6 is 0 Å². The van der Waals surface area contributed by atoms with Crippen LogP contribution in [0.2, 0.25) is 0 Å². The van der Waals surface area contributed by atoms with Crippen LogP contribution in [0.25, 0.3) is 16.9 Å². The van der Waals surface area contributed by atoms with Crippen LogP contribution in [0.4, 0.5) is 0 Å². The van der Waals surface area contributed by atoms with Crippen LogP contribution in [0.1, 0.15) is 27.9 Å². The van der Waals surface area contributed by atoms with E-state index in [4.69, 9.17) is 10.2 Å². The monoisotopic (exact) mass is 555 g/mol. The van der Waals surface area contributed by atoms with Crippen molar-refractivity contribution in [1.82, 2.24) is 9.78 Å². The average molecular weight is 556 g/mol. The van der Waals surface area contributed by atoms with Gasteiger partial charge in [0.25, 0.3) is 0 Å². The maximum atomic E-state index is 12.0. The fourth-order valence-electron chi connectivity index (χ4n) is 5.48. The number of aryl methyl sites for hydroxylation is 1. The zero-order valence-electron chi connectivity index (χ0n) is 22.6. The second kappa shape index (κ2) is 10.7. The number of hydrogen-bond donors (Lipinski definition) is 1. The van der Waals surface area contributed by atoms with Gasteiger partial charge in [-0.3, -0.25) is 0 Å². The van der Waals surface area contributed by atoms with E-state index in [2.05, 4.69) is 110 Å². The summed E-state index contributed by atoms with van der Waals surface area (Å²) in [7, 11) is -3.82. The minimum absolute atomic E-state index is 0.0534. The molecule has 6 heteroatoms. The quantitative estimate of drug-likeness (QED) is 0.218. The molecule has 6 aromatic rings. The summed E-state index contributed by atoms with van der Waals surface area (Å²) in [6, 6.07) is 48.2. The second-order valence-electron chi connectivity index (χ2n) is 10.1. The van der Waals surface area contributed by atoms with Gasteiger partial charge in [0.05, 0.1) is 27.4 Å². The lowest BCUT2D eigenvalue weighted by atomic mass is 9.67. The smallest absolute Gasteiger partial charge is 0.233 e. The largest absolute Gasteiger partial charge is 0.238 e. The van der Waals surface area contributed by atoms with Crippen LogP contribution in [0, 0.1) is 6.92 Å². The molecule has 0 saturated heterocycles. The average Bonchev–Trinajstić information content (AvgIpc) is 3.45. The molecule has 202 valence electrons. The van der Waals surface area contributed by atoms with Crippen molar-refractivity contribution in [2.45, 2.75) is 17.2 Å². The summed E-state index contributed by atoms with van der Waals surface area (Å²) < 4.78 is 25.8. The SMILES string of the molecule is Cc1ccc(-c2cc(C(c3ccccc3)(c3ccccc3)c3ccccc3)nn2-c2ccc(S(N)(=O)=O)cc2)cc1. The fourth-order valence-corrected chi connectivity index (χ4v) is 5.99. The number of sulfonamides is 1. The van der Waals surface area contributed by atoms with Crippen LogP contribution in [0.5, 0.6) is 0 Å². The molecule has 0 aliphatic carbocycles. The molecule has 0 atom stereocenters. The zero-order valence-corrected chi connectivity index (χ0v) is 23.4. The van der Waals surface area contributed by atoms with Crippen molar-refractivity contribution >= 4 is 10.0 Å². The molecule has 0 aliphatic heterocycles. The third-order valence-corrected chi connectivity index (χ3v) is 8.40. The van der Waals surface area contributed by atoms with Gasteiger partial charge in [-0.25, -0.2) is 18.2 Å². The van der Waals surface area contributed by atoms with E-state index in [-0.39, 0.29) is 4.90 Å². The Hall–Kier alpha value is -4.78. The van der Waals surface area contributed by atoms with Crippen molar-refractivity contribution in [1.29, 1.82) is 0 Å². The summed E-state index contributed by atoms with van der Waals surface area (Å²) in [5.74, 6) is 0. The summed E-state index contributed by atoms with van der Waals surface area (Å²) >= 11 is 0. The molecule has 0 bridgehead atoms. The van der Waals surface area contributed by atoms with Crippen LogP contribution < -0.4 is 5.14 Å². The fraction of sp³-hybridized carbons (Fsp3) is 0.0571. The molecule has 41 heavy (non-hydrogen) atoms. The van der Waals surface area contributed by atoms with Crippen molar-refractivity contribution in [3.8, 4) is 16.9 Å².